The van der Waals surface area contributed by atoms with Crippen LogP contribution in [0.2, 0.25) is 0 Å². The van der Waals surface area contributed by atoms with Crippen LogP contribution >= 0.6 is 7.82 Å². The SMILES string of the molecule is CCCCC/C=C\CCCCCC(O)CC(=O)NC(COP(=O)(O)OCCN)C(O)/C=C/CC/C=C/CCCCCCCCCCCCCC. The normalized spacial score (nSPS) is 15.2. The summed E-state index contributed by atoms with van der Waals surface area (Å²) in [5.74, 6) is -0.468. The number of aliphatic hydroxyl groups is 2. The Bertz CT molecular complexity index is 899. The van der Waals surface area contributed by atoms with Crippen molar-refractivity contribution >= 4 is 13.7 Å². The van der Waals surface area contributed by atoms with Crippen LogP contribution in [0.4, 0.5) is 0 Å². The molecule has 0 radical (unpaired) electrons. The maximum Gasteiger partial charge on any atom is 0.472 e. The average molecular weight is 729 g/mol. The van der Waals surface area contributed by atoms with E-state index in [4.69, 9.17) is 14.8 Å². The molecule has 0 aromatic rings. The summed E-state index contributed by atoms with van der Waals surface area (Å²) < 4.78 is 22.0. The van der Waals surface area contributed by atoms with Crippen molar-refractivity contribution in [3.8, 4) is 0 Å². The molecule has 294 valence electrons. The molecule has 4 atom stereocenters. The molecule has 1 amide bonds. The van der Waals surface area contributed by atoms with E-state index in [9.17, 15) is 24.5 Å². The highest BCUT2D eigenvalue weighted by Gasteiger charge is 2.27. The molecule has 9 nitrogen and oxygen atoms in total. The second-order valence-electron chi connectivity index (χ2n) is 13.7. The number of phosphoric acid groups is 1. The zero-order chi connectivity index (χ0) is 37.0. The van der Waals surface area contributed by atoms with E-state index < -0.39 is 38.6 Å². The van der Waals surface area contributed by atoms with Gasteiger partial charge in [0.1, 0.15) is 0 Å². The number of nitrogens with two attached hydrogens (primary N) is 1. The third kappa shape index (κ3) is 33.8. The Morgan fingerprint density at radius 1 is 0.680 bits per heavy atom. The van der Waals surface area contributed by atoms with Gasteiger partial charge >= 0.3 is 7.82 Å². The van der Waals surface area contributed by atoms with Crippen molar-refractivity contribution in [2.45, 2.75) is 193 Å². The fourth-order valence-corrected chi connectivity index (χ4v) is 6.41. The Balaban J connectivity index is 4.44. The van der Waals surface area contributed by atoms with Crippen molar-refractivity contribution in [1.82, 2.24) is 5.32 Å². The monoisotopic (exact) mass is 729 g/mol. The summed E-state index contributed by atoms with van der Waals surface area (Å²) in [5, 5.41) is 23.9. The first-order chi connectivity index (χ1) is 24.3. The number of carbonyl (C=O) groups excluding carboxylic acids is 1. The summed E-state index contributed by atoms with van der Waals surface area (Å²) in [4.78, 5) is 22.6. The van der Waals surface area contributed by atoms with Crippen LogP contribution in [-0.4, -0.2) is 59.0 Å². The number of hydrogen-bond donors (Lipinski definition) is 5. The highest BCUT2D eigenvalue weighted by molar-refractivity contribution is 7.47. The van der Waals surface area contributed by atoms with E-state index in [0.717, 1.165) is 44.9 Å². The van der Waals surface area contributed by atoms with Crippen LogP contribution in [-0.2, 0) is 18.4 Å². The molecule has 0 aliphatic heterocycles. The molecule has 6 N–H and O–H groups in total. The van der Waals surface area contributed by atoms with Gasteiger partial charge in [-0.25, -0.2) is 4.57 Å². The quantitative estimate of drug-likeness (QED) is 0.0241. The summed E-state index contributed by atoms with van der Waals surface area (Å²) in [6.45, 7) is 3.89. The second-order valence-corrected chi connectivity index (χ2v) is 15.1. The van der Waals surface area contributed by atoms with Gasteiger partial charge in [-0.3, -0.25) is 13.8 Å². The summed E-state index contributed by atoms with van der Waals surface area (Å²) in [6, 6.07) is -1.00. The summed E-state index contributed by atoms with van der Waals surface area (Å²) >= 11 is 0. The maximum absolute atomic E-state index is 12.7. The van der Waals surface area contributed by atoms with Gasteiger partial charge in [-0.15, -0.1) is 0 Å². The van der Waals surface area contributed by atoms with E-state index in [1.165, 1.54) is 96.3 Å². The summed E-state index contributed by atoms with van der Waals surface area (Å²) in [7, 11) is -4.40. The Morgan fingerprint density at radius 2 is 1.14 bits per heavy atom. The van der Waals surface area contributed by atoms with Crippen molar-refractivity contribution in [3.63, 3.8) is 0 Å². The van der Waals surface area contributed by atoms with Crippen LogP contribution in [0.5, 0.6) is 0 Å². The Labute approximate surface area is 306 Å². The van der Waals surface area contributed by atoms with Gasteiger partial charge in [-0.2, -0.15) is 0 Å². The minimum Gasteiger partial charge on any atom is -0.393 e. The first kappa shape index (κ1) is 48.7. The first-order valence-corrected chi connectivity index (χ1v) is 21.7. The predicted octanol–water partition coefficient (Wildman–Crippen LogP) is 9.75. The number of carbonyl (C=O) groups is 1. The number of aliphatic hydroxyl groups excluding tert-OH is 2. The molecule has 0 aliphatic carbocycles. The fourth-order valence-electron chi connectivity index (χ4n) is 5.66. The smallest absolute Gasteiger partial charge is 0.393 e. The van der Waals surface area contributed by atoms with Crippen molar-refractivity contribution in [3.05, 3.63) is 36.5 Å². The molecular formula is C40H77N2O7P. The highest BCUT2D eigenvalue weighted by Crippen LogP contribution is 2.43. The lowest BCUT2D eigenvalue weighted by molar-refractivity contribution is -0.124. The number of unbranched alkanes of at least 4 members (excludes halogenated alkanes) is 19. The molecule has 0 aliphatic rings. The Morgan fingerprint density at radius 3 is 1.70 bits per heavy atom. The summed E-state index contributed by atoms with van der Waals surface area (Å²) in [6.07, 6.45) is 38.1. The topological polar surface area (TPSA) is 151 Å². The number of hydrogen-bond acceptors (Lipinski definition) is 7. The highest BCUT2D eigenvalue weighted by atomic mass is 31.2. The van der Waals surface area contributed by atoms with Crippen molar-refractivity contribution in [2.24, 2.45) is 5.73 Å². The fraction of sp³-hybridized carbons (Fsp3) is 0.825. The lowest BCUT2D eigenvalue weighted by atomic mass is 10.0. The molecule has 0 saturated carbocycles. The zero-order valence-electron chi connectivity index (χ0n) is 32.0. The van der Waals surface area contributed by atoms with E-state index in [2.05, 4.69) is 43.5 Å². The third-order valence-corrected chi connectivity index (χ3v) is 9.73. The van der Waals surface area contributed by atoms with Crippen molar-refractivity contribution < 1.29 is 33.5 Å². The maximum atomic E-state index is 12.7. The van der Waals surface area contributed by atoms with Gasteiger partial charge in [0.05, 0.1) is 37.9 Å². The lowest BCUT2D eigenvalue weighted by Gasteiger charge is -2.24. The van der Waals surface area contributed by atoms with Gasteiger partial charge in [0.2, 0.25) is 5.91 Å². The van der Waals surface area contributed by atoms with Gasteiger partial charge in [-0.1, -0.05) is 147 Å². The molecular weight excluding hydrogens is 651 g/mol. The lowest BCUT2D eigenvalue weighted by Crippen LogP contribution is -2.46. The van der Waals surface area contributed by atoms with E-state index >= 15 is 0 Å². The molecule has 0 aromatic carbocycles. The average Bonchev–Trinajstić information content (AvgIpc) is 3.09. The number of amides is 1. The number of phosphoric ester groups is 1. The standard InChI is InChI=1S/C40H77N2O7P/c1-3-5-7-9-11-13-15-16-17-18-19-20-21-22-24-26-28-30-32-39(44)38(36-49-50(46,47)48-34-33-41)42-40(45)35-37(43)31-29-27-25-23-14-12-10-8-6-4-2/h12,14,22,24,30,32,37-39,43-44H,3-11,13,15-21,23,25-29,31,33-36,41H2,1-2H3,(H,42,45)(H,46,47)/b14-12-,24-22+,32-30+. The molecule has 0 spiro atoms. The molecule has 0 bridgehead atoms. The van der Waals surface area contributed by atoms with E-state index in [1.54, 1.807) is 6.08 Å². The van der Waals surface area contributed by atoms with Crippen LogP contribution < -0.4 is 11.1 Å². The van der Waals surface area contributed by atoms with Gasteiger partial charge in [0.15, 0.2) is 0 Å². The van der Waals surface area contributed by atoms with Gasteiger partial charge in [-0.05, 0) is 57.8 Å². The van der Waals surface area contributed by atoms with E-state index in [1.807, 2.05) is 6.08 Å². The zero-order valence-corrected chi connectivity index (χ0v) is 32.9. The van der Waals surface area contributed by atoms with Crippen molar-refractivity contribution in [2.75, 3.05) is 19.8 Å². The van der Waals surface area contributed by atoms with Crippen LogP contribution in [0.15, 0.2) is 36.5 Å². The summed E-state index contributed by atoms with van der Waals surface area (Å²) in [5.41, 5.74) is 5.34. The molecule has 4 unspecified atom stereocenters. The molecule has 50 heavy (non-hydrogen) atoms. The molecule has 0 aromatic heterocycles. The van der Waals surface area contributed by atoms with Gasteiger partial charge in [0.25, 0.3) is 0 Å². The van der Waals surface area contributed by atoms with Gasteiger partial charge < -0.3 is 26.2 Å². The van der Waals surface area contributed by atoms with E-state index in [0.29, 0.717) is 12.8 Å². The van der Waals surface area contributed by atoms with Gasteiger partial charge in [0, 0.05) is 6.54 Å². The van der Waals surface area contributed by atoms with Crippen LogP contribution in [0, 0.1) is 0 Å². The first-order valence-electron chi connectivity index (χ1n) is 20.2. The molecule has 0 rings (SSSR count). The van der Waals surface area contributed by atoms with Crippen LogP contribution in [0.3, 0.4) is 0 Å². The third-order valence-electron chi connectivity index (χ3n) is 8.74. The molecule has 0 saturated heterocycles. The minimum atomic E-state index is -4.40. The molecule has 10 heteroatoms. The Hall–Kier alpha value is -1.32. The van der Waals surface area contributed by atoms with E-state index in [-0.39, 0.29) is 19.6 Å². The number of nitrogens with one attached hydrogen (secondary N) is 1. The Kier molecular flexibility index (Phi) is 35.1. The largest absolute Gasteiger partial charge is 0.472 e. The number of allylic oxidation sites excluding steroid dienone is 5. The van der Waals surface area contributed by atoms with Crippen LogP contribution in [0.25, 0.3) is 0 Å². The van der Waals surface area contributed by atoms with Crippen LogP contribution in [0.1, 0.15) is 174 Å². The molecule has 0 heterocycles. The second kappa shape index (κ2) is 36.1. The predicted molar refractivity (Wildman–Crippen MR) is 209 cm³/mol. The molecule has 0 fully saturated rings. The minimum absolute atomic E-state index is 0.0425. The van der Waals surface area contributed by atoms with Crippen molar-refractivity contribution in [1.29, 1.82) is 0 Å². The number of rotatable bonds is 37.